The van der Waals surface area contributed by atoms with E-state index in [2.05, 4.69) is 16.7 Å². The van der Waals surface area contributed by atoms with E-state index >= 15 is 0 Å². The molecule has 0 radical (unpaired) electrons. The number of nitrogens with one attached hydrogen (secondary N) is 1. The Hall–Kier alpha value is -0.950. The molecule has 2 aliphatic heterocycles. The summed E-state index contributed by atoms with van der Waals surface area (Å²) < 4.78 is 32.8. The van der Waals surface area contributed by atoms with E-state index in [1.165, 1.54) is 0 Å². The quantitative estimate of drug-likeness (QED) is 0.881. The van der Waals surface area contributed by atoms with Gasteiger partial charge in [-0.15, -0.1) is 0 Å². The Balaban J connectivity index is 1.63. The van der Waals surface area contributed by atoms with E-state index in [9.17, 15) is 8.42 Å². The maximum Gasteiger partial charge on any atom is 0.240 e. The Kier molecular flexibility index (Phi) is 3.81. The molecule has 0 aliphatic carbocycles. The van der Waals surface area contributed by atoms with Crippen LogP contribution in [0.25, 0.3) is 0 Å². The summed E-state index contributed by atoms with van der Waals surface area (Å²) >= 11 is 0. The highest BCUT2D eigenvalue weighted by atomic mass is 32.2. The number of ether oxygens (including phenoxy) is 1. The van der Waals surface area contributed by atoms with Crippen molar-refractivity contribution in [1.82, 2.24) is 9.62 Å². The zero-order valence-corrected chi connectivity index (χ0v) is 12.3. The first-order valence-electron chi connectivity index (χ1n) is 6.91. The second-order valence-corrected chi connectivity index (χ2v) is 7.45. The van der Waals surface area contributed by atoms with Crippen LogP contribution in [0.3, 0.4) is 0 Å². The summed E-state index contributed by atoms with van der Waals surface area (Å²) in [6.45, 7) is 3.04. The third kappa shape index (κ3) is 2.74. The molecular weight excluding hydrogens is 276 g/mol. The predicted molar refractivity (Wildman–Crippen MR) is 75.8 cm³/mol. The first kappa shape index (κ1) is 14.0. The van der Waals surface area contributed by atoms with Crippen LogP contribution in [0.1, 0.15) is 0 Å². The molecule has 1 N–H and O–H groups in total. The lowest BCUT2D eigenvalue weighted by Gasteiger charge is -2.17. The van der Waals surface area contributed by atoms with Crippen LogP contribution in [0, 0.1) is 11.8 Å². The van der Waals surface area contributed by atoms with Gasteiger partial charge in [0, 0.05) is 31.5 Å². The number of hydrogen-bond acceptors (Lipinski definition) is 4. The van der Waals surface area contributed by atoms with Gasteiger partial charge in [-0.1, -0.05) is 18.2 Å². The normalized spacial score (nSPS) is 30.6. The third-order valence-electron chi connectivity index (χ3n) is 4.21. The zero-order chi connectivity index (χ0) is 14.2. The van der Waals surface area contributed by atoms with E-state index in [1.54, 1.807) is 24.3 Å². The Morgan fingerprint density at radius 1 is 1.30 bits per heavy atom. The molecule has 5 nitrogen and oxygen atoms in total. The molecule has 3 rings (SSSR count). The second kappa shape index (κ2) is 5.44. The van der Waals surface area contributed by atoms with Crippen LogP contribution in [-0.4, -0.2) is 52.7 Å². The van der Waals surface area contributed by atoms with Gasteiger partial charge in [-0.05, 0) is 19.2 Å². The zero-order valence-electron chi connectivity index (χ0n) is 11.5. The Labute approximate surface area is 120 Å². The molecule has 0 spiro atoms. The van der Waals surface area contributed by atoms with Gasteiger partial charge in [-0.3, -0.25) is 0 Å². The number of rotatable bonds is 4. The minimum Gasteiger partial charge on any atom is -0.376 e. The number of sulfonamides is 1. The second-order valence-electron chi connectivity index (χ2n) is 5.68. The molecule has 0 aromatic heterocycles. The van der Waals surface area contributed by atoms with E-state index in [4.69, 9.17) is 4.74 Å². The first-order chi connectivity index (χ1) is 9.56. The van der Waals surface area contributed by atoms with Gasteiger partial charge in [-0.2, -0.15) is 0 Å². The molecule has 0 bridgehead atoms. The van der Waals surface area contributed by atoms with Crippen molar-refractivity contribution in [2.75, 3.05) is 33.3 Å². The SMILES string of the molecule is CN1C[C@H]2[C@H](CNS(=O)(=O)c3ccccc3)CO[C@H]2C1. The van der Waals surface area contributed by atoms with Gasteiger partial charge in [0.2, 0.25) is 10.0 Å². The molecule has 0 amide bonds. The molecule has 1 aromatic carbocycles. The number of benzene rings is 1. The molecule has 6 heteroatoms. The molecule has 2 saturated heterocycles. The summed E-state index contributed by atoms with van der Waals surface area (Å²) in [5.74, 6) is 0.710. The number of likely N-dealkylation sites (tertiary alicyclic amines) is 1. The van der Waals surface area contributed by atoms with E-state index < -0.39 is 10.0 Å². The number of fused-ring (bicyclic) bond motifs is 1. The average Bonchev–Trinajstić information content (AvgIpc) is 2.97. The van der Waals surface area contributed by atoms with Crippen LogP contribution in [0.5, 0.6) is 0 Å². The highest BCUT2D eigenvalue weighted by Gasteiger charge is 2.42. The standard InChI is InChI=1S/C14H20N2O3S/c1-16-8-13-11(10-19-14(13)9-16)7-15-20(17,18)12-5-3-2-4-6-12/h2-6,11,13-15H,7-10H2,1H3/t11-,13+,14+/m1/s1. The molecular formula is C14H20N2O3S. The molecule has 0 saturated carbocycles. The number of nitrogens with zero attached hydrogens (tertiary/aromatic N) is 1. The lowest BCUT2D eigenvalue weighted by atomic mass is 9.93. The van der Waals surface area contributed by atoms with Crippen LogP contribution in [0.4, 0.5) is 0 Å². The summed E-state index contributed by atoms with van der Waals surface area (Å²) in [5, 5.41) is 0. The number of likely N-dealkylation sites (N-methyl/N-ethyl adjacent to an activating group) is 1. The van der Waals surface area contributed by atoms with Crippen LogP contribution < -0.4 is 4.72 Å². The molecule has 2 heterocycles. The average molecular weight is 296 g/mol. The minimum absolute atomic E-state index is 0.267. The fourth-order valence-electron chi connectivity index (χ4n) is 3.10. The molecule has 110 valence electrons. The van der Waals surface area contributed by atoms with Crippen LogP contribution in [-0.2, 0) is 14.8 Å². The lowest BCUT2D eigenvalue weighted by molar-refractivity contribution is 0.0988. The molecule has 2 aliphatic rings. The predicted octanol–water partition coefficient (Wildman–Crippen LogP) is 0.541. The van der Waals surface area contributed by atoms with Crippen molar-refractivity contribution in [3.63, 3.8) is 0 Å². The lowest BCUT2D eigenvalue weighted by Crippen LogP contribution is -2.34. The van der Waals surface area contributed by atoms with Gasteiger partial charge in [0.05, 0.1) is 17.6 Å². The van der Waals surface area contributed by atoms with Crippen molar-refractivity contribution in [2.45, 2.75) is 11.0 Å². The third-order valence-corrected chi connectivity index (χ3v) is 5.65. The van der Waals surface area contributed by atoms with Crippen molar-refractivity contribution in [1.29, 1.82) is 0 Å². The summed E-state index contributed by atoms with van der Waals surface area (Å²) in [7, 11) is -1.33. The smallest absolute Gasteiger partial charge is 0.240 e. The van der Waals surface area contributed by atoms with Gasteiger partial charge in [0.15, 0.2) is 0 Å². The topological polar surface area (TPSA) is 58.6 Å². The van der Waals surface area contributed by atoms with E-state index in [1.807, 2.05) is 6.07 Å². The highest BCUT2D eigenvalue weighted by molar-refractivity contribution is 7.89. The van der Waals surface area contributed by atoms with E-state index in [-0.39, 0.29) is 12.0 Å². The monoisotopic (exact) mass is 296 g/mol. The summed E-state index contributed by atoms with van der Waals surface area (Å²) in [5.41, 5.74) is 0. The molecule has 20 heavy (non-hydrogen) atoms. The summed E-state index contributed by atoms with van der Waals surface area (Å²) in [4.78, 5) is 2.56. The van der Waals surface area contributed by atoms with Gasteiger partial charge in [0.1, 0.15) is 0 Å². The van der Waals surface area contributed by atoms with Crippen molar-refractivity contribution in [2.24, 2.45) is 11.8 Å². The fraction of sp³-hybridized carbons (Fsp3) is 0.571. The van der Waals surface area contributed by atoms with Crippen molar-refractivity contribution in [3.05, 3.63) is 30.3 Å². The Morgan fingerprint density at radius 2 is 2.05 bits per heavy atom. The van der Waals surface area contributed by atoms with Crippen LogP contribution in [0.2, 0.25) is 0 Å². The maximum atomic E-state index is 12.2. The summed E-state index contributed by atoms with van der Waals surface area (Å²) in [6, 6.07) is 8.49. The minimum atomic E-state index is -3.41. The molecule has 2 fully saturated rings. The van der Waals surface area contributed by atoms with Crippen molar-refractivity contribution < 1.29 is 13.2 Å². The Bertz CT molecular complexity index is 561. The van der Waals surface area contributed by atoms with Crippen molar-refractivity contribution in [3.8, 4) is 0 Å². The van der Waals surface area contributed by atoms with E-state index in [0.717, 1.165) is 13.1 Å². The van der Waals surface area contributed by atoms with Gasteiger partial charge in [0.25, 0.3) is 0 Å². The molecule has 1 aromatic rings. The van der Waals surface area contributed by atoms with Crippen molar-refractivity contribution >= 4 is 10.0 Å². The summed E-state index contributed by atoms with van der Waals surface area (Å²) in [6.07, 6.45) is 0.270. The van der Waals surface area contributed by atoms with E-state index in [0.29, 0.717) is 24.0 Å². The first-order valence-corrected chi connectivity index (χ1v) is 8.39. The molecule has 3 atom stereocenters. The van der Waals surface area contributed by atoms with Gasteiger partial charge in [-0.25, -0.2) is 13.1 Å². The maximum absolute atomic E-state index is 12.2. The Morgan fingerprint density at radius 3 is 2.80 bits per heavy atom. The largest absolute Gasteiger partial charge is 0.376 e. The van der Waals surface area contributed by atoms with Gasteiger partial charge < -0.3 is 9.64 Å². The van der Waals surface area contributed by atoms with Crippen LogP contribution in [0.15, 0.2) is 35.2 Å². The fourth-order valence-corrected chi connectivity index (χ4v) is 4.22. The van der Waals surface area contributed by atoms with Crippen LogP contribution >= 0.6 is 0 Å². The molecule has 0 unspecified atom stereocenters. The highest BCUT2D eigenvalue weighted by Crippen LogP contribution is 2.32. The van der Waals surface area contributed by atoms with Gasteiger partial charge >= 0.3 is 0 Å². The number of hydrogen-bond donors (Lipinski definition) is 1.